The second kappa shape index (κ2) is 6.30. The summed E-state index contributed by atoms with van der Waals surface area (Å²) in [5.74, 6) is 2.77. The van der Waals surface area contributed by atoms with Gasteiger partial charge < -0.3 is 11.1 Å². The molecular weight excluding hydrogens is 280 g/mol. The van der Waals surface area contributed by atoms with Gasteiger partial charge in [-0.1, -0.05) is 19.8 Å². The zero-order valence-electron chi connectivity index (χ0n) is 12.6. The van der Waals surface area contributed by atoms with Gasteiger partial charge in [-0.15, -0.1) is 11.8 Å². The second-order valence-corrected chi connectivity index (χ2v) is 7.39. The molecule has 21 heavy (non-hydrogen) atoms. The Bertz CT molecular complexity index is 520. The lowest BCUT2D eigenvalue weighted by molar-refractivity contribution is -0.117. The first-order chi connectivity index (χ1) is 10.2. The number of carbonyl (C=O) groups excluding carboxylic acids is 1. The first kappa shape index (κ1) is 14.8. The molecule has 1 aromatic rings. The van der Waals surface area contributed by atoms with Gasteiger partial charge in [-0.2, -0.15) is 0 Å². The highest BCUT2D eigenvalue weighted by atomic mass is 32.2. The number of carbonyl (C=O) groups is 1. The molecule has 3 N–H and O–H groups in total. The van der Waals surface area contributed by atoms with E-state index in [2.05, 4.69) is 12.2 Å². The van der Waals surface area contributed by atoms with Gasteiger partial charge in [0.05, 0.1) is 11.4 Å². The minimum atomic E-state index is 0.177. The Hall–Kier alpha value is -1.16. The summed E-state index contributed by atoms with van der Waals surface area (Å²) in [4.78, 5) is 13.6. The van der Waals surface area contributed by atoms with Crippen LogP contribution in [0.15, 0.2) is 23.1 Å². The quantitative estimate of drug-likeness (QED) is 0.635. The largest absolute Gasteiger partial charge is 0.397 e. The van der Waals surface area contributed by atoms with Gasteiger partial charge in [0.2, 0.25) is 5.91 Å². The Kier molecular flexibility index (Phi) is 4.43. The zero-order valence-corrected chi connectivity index (χ0v) is 13.4. The first-order valence-corrected chi connectivity index (χ1v) is 9.02. The second-order valence-electron chi connectivity index (χ2n) is 6.22. The summed E-state index contributed by atoms with van der Waals surface area (Å²) in [7, 11) is 0. The maximum atomic E-state index is 12.4. The van der Waals surface area contributed by atoms with E-state index in [1.165, 1.54) is 30.6 Å². The Morgan fingerprint density at radius 1 is 1.33 bits per heavy atom. The van der Waals surface area contributed by atoms with E-state index >= 15 is 0 Å². The summed E-state index contributed by atoms with van der Waals surface area (Å²) in [5, 5.41) is 3.07. The predicted molar refractivity (Wildman–Crippen MR) is 89.4 cm³/mol. The van der Waals surface area contributed by atoms with Crippen molar-refractivity contribution < 1.29 is 4.79 Å². The summed E-state index contributed by atoms with van der Waals surface area (Å²) in [6, 6.07) is 5.94. The van der Waals surface area contributed by atoms with Crippen molar-refractivity contribution in [3.05, 3.63) is 18.2 Å². The highest BCUT2D eigenvalue weighted by Crippen LogP contribution is 2.55. The fraction of sp³-hybridized carbons (Fsp3) is 0.588. The number of nitrogens with one attached hydrogen (secondary N) is 1. The molecule has 0 bridgehead atoms. The van der Waals surface area contributed by atoms with Gasteiger partial charge in [-0.25, -0.2) is 0 Å². The number of rotatable bonds is 5. The molecule has 2 aliphatic carbocycles. The molecule has 0 aliphatic heterocycles. The van der Waals surface area contributed by atoms with Gasteiger partial charge >= 0.3 is 0 Å². The smallest absolute Gasteiger partial charge is 0.228 e. The van der Waals surface area contributed by atoms with Crippen molar-refractivity contribution in [2.24, 2.45) is 17.8 Å². The van der Waals surface area contributed by atoms with Gasteiger partial charge in [0.15, 0.2) is 0 Å². The van der Waals surface area contributed by atoms with E-state index in [0.717, 1.165) is 17.9 Å². The maximum absolute atomic E-state index is 12.4. The third-order valence-electron chi connectivity index (χ3n) is 4.71. The van der Waals surface area contributed by atoms with Crippen LogP contribution in [-0.2, 0) is 4.79 Å². The molecule has 0 aromatic heterocycles. The van der Waals surface area contributed by atoms with Crippen LogP contribution >= 0.6 is 11.8 Å². The number of anilines is 2. The third kappa shape index (κ3) is 3.20. The Balaban J connectivity index is 1.65. The zero-order chi connectivity index (χ0) is 14.8. The van der Waals surface area contributed by atoms with Crippen LogP contribution in [0.3, 0.4) is 0 Å². The number of nitrogens with two attached hydrogens (primary N) is 1. The van der Waals surface area contributed by atoms with E-state index in [4.69, 9.17) is 5.73 Å². The summed E-state index contributed by atoms with van der Waals surface area (Å²) in [6.07, 6.45) is 6.17. The van der Waals surface area contributed by atoms with E-state index in [1.807, 2.05) is 30.0 Å². The highest BCUT2D eigenvalue weighted by molar-refractivity contribution is 7.99. The number of amides is 1. The van der Waals surface area contributed by atoms with E-state index in [0.29, 0.717) is 17.5 Å². The summed E-state index contributed by atoms with van der Waals surface area (Å²) < 4.78 is 0. The van der Waals surface area contributed by atoms with E-state index in [-0.39, 0.29) is 11.8 Å². The van der Waals surface area contributed by atoms with Gasteiger partial charge in [-0.3, -0.25) is 4.79 Å². The van der Waals surface area contributed by atoms with Crippen LogP contribution in [0.25, 0.3) is 0 Å². The molecule has 114 valence electrons. The monoisotopic (exact) mass is 304 g/mol. The maximum Gasteiger partial charge on any atom is 0.228 e. The van der Waals surface area contributed by atoms with Crippen molar-refractivity contribution >= 4 is 29.0 Å². The molecule has 4 heteroatoms. The van der Waals surface area contributed by atoms with Crippen molar-refractivity contribution in [3.63, 3.8) is 0 Å². The third-order valence-corrected chi connectivity index (χ3v) is 5.91. The molecule has 2 atom stereocenters. The molecule has 2 saturated carbocycles. The molecule has 1 aromatic carbocycles. The molecule has 0 spiro atoms. The molecule has 0 radical (unpaired) electrons. The normalized spacial score (nSPS) is 27.0. The van der Waals surface area contributed by atoms with Crippen molar-refractivity contribution in [2.75, 3.05) is 16.8 Å². The van der Waals surface area contributed by atoms with Crippen LogP contribution in [0.2, 0.25) is 0 Å². The van der Waals surface area contributed by atoms with Crippen molar-refractivity contribution in [1.29, 1.82) is 0 Å². The summed E-state index contributed by atoms with van der Waals surface area (Å²) in [6.45, 7) is 2.17. The van der Waals surface area contributed by atoms with Gasteiger partial charge in [0, 0.05) is 10.8 Å². The van der Waals surface area contributed by atoms with Crippen LogP contribution in [0.4, 0.5) is 11.4 Å². The molecule has 3 rings (SSSR count). The number of hydrogen-bond acceptors (Lipinski definition) is 3. The number of nitrogen functional groups attached to an aromatic ring is 1. The first-order valence-electron chi connectivity index (χ1n) is 8.04. The van der Waals surface area contributed by atoms with Gasteiger partial charge in [0.1, 0.15) is 0 Å². The van der Waals surface area contributed by atoms with Gasteiger partial charge in [0.25, 0.3) is 0 Å². The topological polar surface area (TPSA) is 55.1 Å². The Labute approximate surface area is 131 Å². The van der Waals surface area contributed by atoms with Crippen molar-refractivity contribution in [3.8, 4) is 0 Å². The number of hydrogen-bond donors (Lipinski definition) is 2. The minimum Gasteiger partial charge on any atom is -0.397 e. The lowest BCUT2D eigenvalue weighted by Gasteiger charge is -2.10. The van der Waals surface area contributed by atoms with E-state index in [9.17, 15) is 4.79 Å². The van der Waals surface area contributed by atoms with Crippen LogP contribution in [0.5, 0.6) is 0 Å². The Morgan fingerprint density at radius 2 is 2.05 bits per heavy atom. The number of thioether (sulfide) groups is 1. The minimum absolute atomic E-state index is 0.177. The fourth-order valence-electron chi connectivity index (χ4n) is 3.55. The average molecular weight is 304 g/mol. The molecule has 0 heterocycles. The summed E-state index contributed by atoms with van der Waals surface area (Å²) >= 11 is 1.81. The average Bonchev–Trinajstić information content (AvgIpc) is 3.22. The van der Waals surface area contributed by atoms with E-state index in [1.54, 1.807) is 0 Å². The van der Waals surface area contributed by atoms with Crippen LogP contribution in [0.1, 0.15) is 39.0 Å². The molecule has 2 fully saturated rings. The standard InChI is InChI=1S/C17H24N2OS/c1-2-9-21-11-7-8-14(18)15(10-11)19-17(20)16-12-5-3-4-6-13(12)16/h7-8,10,12-13,16H,2-6,9,18H2,1H3,(H,19,20). The lowest BCUT2D eigenvalue weighted by Crippen LogP contribution is -2.16. The Morgan fingerprint density at radius 3 is 2.71 bits per heavy atom. The van der Waals surface area contributed by atoms with Crippen molar-refractivity contribution in [2.45, 2.75) is 43.9 Å². The number of fused-ring (bicyclic) bond motifs is 1. The molecule has 3 nitrogen and oxygen atoms in total. The highest BCUT2D eigenvalue weighted by Gasteiger charge is 2.54. The lowest BCUT2D eigenvalue weighted by atomic mass is 10.0. The van der Waals surface area contributed by atoms with E-state index < -0.39 is 0 Å². The van der Waals surface area contributed by atoms with Crippen LogP contribution in [-0.4, -0.2) is 11.7 Å². The van der Waals surface area contributed by atoms with Crippen molar-refractivity contribution in [1.82, 2.24) is 0 Å². The molecule has 2 aliphatic rings. The molecule has 2 unspecified atom stereocenters. The molecule has 1 amide bonds. The summed E-state index contributed by atoms with van der Waals surface area (Å²) in [5.41, 5.74) is 7.45. The number of benzene rings is 1. The molecular formula is C17H24N2OS. The molecule has 0 saturated heterocycles. The van der Waals surface area contributed by atoms with Crippen LogP contribution in [0, 0.1) is 17.8 Å². The predicted octanol–water partition coefficient (Wildman–Crippen LogP) is 4.15. The fourth-order valence-corrected chi connectivity index (χ4v) is 4.36. The van der Waals surface area contributed by atoms with Gasteiger partial charge in [-0.05, 0) is 55.1 Å². The SMILES string of the molecule is CCCSc1ccc(N)c(NC(=O)C2C3CCCCC32)c1. The van der Waals surface area contributed by atoms with Crippen LogP contribution < -0.4 is 11.1 Å².